The summed E-state index contributed by atoms with van der Waals surface area (Å²) in [5.74, 6) is 0.515. The lowest BCUT2D eigenvalue weighted by Crippen LogP contribution is -2.64. The molecule has 0 radical (unpaired) electrons. The van der Waals surface area contributed by atoms with Crippen molar-refractivity contribution in [3.8, 4) is 0 Å². The monoisotopic (exact) mass is 399 g/mol. The van der Waals surface area contributed by atoms with E-state index >= 15 is 0 Å². The number of nitrogens with one attached hydrogen (secondary N) is 1. The van der Waals surface area contributed by atoms with Gasteiger partial charge in [0.25, 0.3) is 5.91 Å². The minimum absolute atomic E-state index is 0.0252. The predicted molar refractivity (Wildman–Crippen MR) is 113 cm³/mol. The van der Waals surface area contributed by atoms with Gasteiger partial charge in [-0.05, 0) is 24.3 Å². The first-order chi connectivity index (χ1) is 14.1. The maximum absolute atomic E-state index is 13.0. The van der Waals surface area contributed by atoms with Gasteiger partial charge >= 0.3 is 0 Å². The van der Waals surface area contributed by atoms with Crippen molar-refractivity contribution in [3.63, 3.8) is 0 Å². The Hall–Kier alpha value is -1.92. The van der Waals surface area contributed by atoms with Crippen molar-refractivity contribution in [1.82, 2.24) is 10.2 Å². The quantitative estimate of drug-likeness (QED) is 0.825. The van der Waals surface area contributed by atoms with E-state index in [1.165, 1.54) is 0 Å². The van der Waals surface area contributed by atoms with E-state index in [1.807, 2.05) is 30.3 Å². The lowest BCUT2D eigenvalue weighted by molar-refractivity contribution is -0.149. The minimum Gasteiger partial charge on any atom is -0.387 e. The van der Waals surface area contributed by atoms with Crippen molar-refractivity contribution in [2.45, 2.75) is 63.7 Å². The molecule has 4 rings (SSSR count). The van der Waals surface area contributed by atoms with Crippen LogP contribution < -0.4 is 5.32 Å². The van der Waals surface area contributed by atoms with Gasteiger partial charge in [-0.3, -0.25) is 9.69 Å². The van der Waals surface area contributed by atoms with Gasteiger partial charge in [-0.2, -0.15) is 0 Å². The second kappa shape index (κ2) is 8.84. The number of carbonyl (C=O) groups excluding carboxylic acids is 1. The zero-order chi connectivity index (χ0) is 20.3. The molecule has 0 bridgehead atoms. The smallest absolute Gasteiger partial charge is 0.269 e. The highest BCUT2D eigenvalue weighted by atomic mass is 16.6. The van der Waals surface area contributed by atoms with Crippen LogP contribution in [0.2, 0.25) is 0 Å². The lowest BCUT2D eigenvalue weighted by Gasteiger charge is -2.50. The summed E-state index contributed by atoms with van der Waals surface area (Å²) in [7, 11) is 0. The fourth-order valence-electron chi connectivity index (χ4n) is 4.93. The highest BCUT2D eigenvalue weighted by molar-refractivity contribution is 6.39. The molecule has 3 aliphatic rings. The highest BCUT2D eigenvalue weighted by Gasteiger charge is 2.46. The van der Waals surface area contributed by atoms with Crippen molar-refractivity contribution in [1.29, 1.82) is 0 Å². The van der Waals surface area contributed by atoms with Gasteiger partial charge in [-0.25, -0.2) is 0 Å². The molecule has 2 fully saturated rings. The van der Waals surface area contributed by atoms with Crippen molar-refractivity contribution in [2.75, 3.05) is 26.2 Å². The third-order valence-corrected chi connectivity index (χ3v) is 6.30. The van der Waals surface area contributed by atoms with Gasteiger partial charge in [0.05, 0.1) is 12.6 Å². The average molecular weight is 400 g/mol. The first-order valence-corrected chi connectivity index (χ1v) is 11.0. The van der Waals surface area contributed by atoms with Crippen LogP contribution in [0.5, 0.6) is 0 Å². The second-order valence-electron chi connectivity index (χ2n) is 9.06. The SMILES string of the molecule is CC(C)CN1CCO[C@]2(CCCC[C@H]2NC(=O)C2=NO[C@H](c3ccccc3)C2)C1. The highest BCUT2D eigenvalue weighted by Crippen LogP contribution is 2.35. The Morgan fingerprint density at radius 1 is 1.31 bits per heavy atom. The molecule has 1 aliphatic carbocycles. The van der Waals surface area contributed by atoms with E-state index in [1.54, 1.807) is 0 Å². The summed E-state index contributed by atoms with van der Waals surface area (Å²) < 4.78 is 6.36. The zero-order valence-electron chi connectivity index (χ0n) is 17.6. The van der Waals surface area contributed by atoms with Crippen molar-refractivity contribution in [2.24, 2.45) is 11.1 Å². The Morgan fingerprint density at radius 3 is 2.93 bits per heavy atom. The standard InChI is InChI=1S/C23H33N3O3/c1-17(2)15-26-12-13-28-23(16-26)11-7-6-10-21(23)24-22(27)19-14-20(29-25-19)18-8-4-3-5-9-18/h3-5,8-9,17,20-21H,6-7,10-16H2,1-2H3,(H,24,27)/t20-,21+,23+/m0/s1. The van der Waals surface area contributed by atoms with Crippen molar-refractivity contribution >= 4 is 11.6 Å². The summed E-state index contributed by atoms with van der Waals surface area (Å²) in [6, 6.07) is 9.98. The van der Waals surface area contributed by atoms with Crippen LogP contribution in [0.4, 0.5) is 0 Å². The van der Waals surface area contributed by atoms with E-state index in [0.717, 1.165) is 57.5 Å². The molecule has 1 amide bonds. The van der Waals surface area contributed by atoms with Crippen LogP contribution in [0.15, 0.2) is 35.5 Å². The van der Waals surface area contributed by atoms with Crippen molar-refractivity contribution in [3.05, 3.63) is 35.9 Å². The molecule has 1 aromatic rings. The summed E-state index contributed by atoms with van der Waals surface area (Å²) in [6.45, 7) is 8.18. The van der Waals surface area contributed by atoms with Crippen LogP contribution in [-0.2, 0) is 14.4 Å². The molecule has 29 heavy (non-hydrogen) atoms. The number of ether oxygens (including phenoxy) is 1. The van der Waals surface area contributed by atoms with Gasteiger partial charge < -0.3 is 14.9 Å². The fourth-order valence-corrected chi connectivity index (χ4v) is 4.93. The molecule has 1 saturated carbocycles. The summed E-state index contributed by atoms with van der Waals surface area (Å²) >= 11 is 0. The van der Waals surface area contributed by atoms with Crippen molar-refractivity contribution < 1.29 is 14.4 Å². The summed E-state index contributed by atoms with van der Waals surface area (Å²) in [6.07, 6.45) is 4.57. The van der Waals surface area contributed by atoms with Crippen LogP contribution in [0, 0.1) is 5.92 Å². The summed E-state index contributed by atoms with van der Waals surface area (Å²) in [5, 5.41) is 7.37. The number of benzene rings is 1. The fraction of sp³-hybridized carbons (Fsp3) is 0.652. The molecule has 1 aromatic carbocycles. The number of oxime groups is 1. The van der Waals surface area contributed by atoms with Crippen LogP contribution in [0.3, 0.4) is 0 Å². The molecule has 1 N–H and O–H groups in total. The first kappa shape index (κ1) is 20.4. The van der Waals surface area contributed by atoms with Crippen LogP contribution in [0.25, 0.3) is 0 Å². The number of hydrogen-bond donors (Lipinski definition) is 1. The van der Waals surface area contributed by atoms with Gasteiger partial charge in [-0.15, -0.1) is 0 Å². The van der Waals surface area contributed by atoms with E-state index in [0.29, 0.717) is 18.1 Å². The van der Waals surface area contributed by atoms with Gasteiger partial charge in [0, 0.05) is 26.1 Å². The Kier molecular flexibility index (Phi) is 6.20. The number of carbonyl (C=O) groups is 1. The third-order valence-electron chi connectivity index (χ3n) is 6.30. The van der Waals surface area contributed by atoms with Gasteiger partial charge in [0.15, 0.2) is 6.10 Å². The van der Waals surface area contributed by atoms with Crippen LogP contribution >= 0.6 is 0 Å². The topological polar surface area (TPSA) is 63.2 Å². The van der Waals surface area contributed by atoms with Crippen LogP contribution in [0.1, 0.15) is 57.6 Å². The average Bonchev–Trinajstić information content (AvgIpc) is 3.21. The third kappa shape index (κ3) is 4.64. The van der Waals surface area contributed by atoms with E-state index in [4.69, 9.17) is 9.57 Å². The maximum Gasteiger partial charge on any atom is 0.269 e. The minimum atomic E-state index is -0.278. The summed E-state index contributed by atoms with van der Waals surface area (Å²) in [4.78, 5) is 21.0. The summed E-state index contributed by atoms with van der Waals surface area (Å²) in [5.41, 5.74) is 1.25. The normalized spacial score (nSPS) is 30.2. The Morgan fingerprint density at radius 2 is 2.14 bits per heavy atom. The molecule has 3 atom stereocenters. The molecule has 0 aromatic heterocycles. The molecule has 1 spiro atoms. The van der Waals surface area contributed by atoms with Gasteiger partial charge in [0.1, 0.15) is 11.3 Å². The molecule has 2 aliphatic heterocycles. The second-order valence-corrected chi connectivity index (χ2v) is 9.06. The molecular weight excluding hydrogens is 366 g/mol. The number of nitrogens with zero attached hydrogens (tertiary/aromatic N) is 2. The van der Waals surface area contributed by atoms with Crippen LogP contribution in [-0.4, -0.2) is 54.4 Å². The van der Waals surface area contributed by atoms with Gasteiger partial charge in [-0.1, -0.05) is 62.2 Å². The molecule has 2 heterocycles. The number of amides is 1. The van der Waals surface area contributed by atoms with E-state index in [9.17, 15) is 4.79 Å². The molecular formula is C23H33N3O3. The Labute approximate surface area is 173 Å². The number of morpholine rings is 1. The first-order valence-electron chi connectivity index (χ1n) is 11.0. The van der Waals surface area contributed by atoms with Gasteiger partial charge in [0.2, 0.25) is 0 Å². The van der Waals surface area contributed by atoms with E-state index in [2.05, 4.69) is 29.2 Å². The number of hydrogen-bond acceptors (Lipinski definition) is 5. The molecule has 0 unspecified atom stereocenters. The van der Waals surface area contributed by atoms with E-state index < -0.39 is 0 Å². The molecule has 6 heteroatoms. The largest absolute Gasteiger partial charge is 0.387 e. The predicted octanol–water partition coefficient (Wildman–Crippen LogP) is 3.29. The lowest BCUT2D eigenvalue weighted by atomic mass is 9.78. The maximum atomic E-state index is 13.0. The Balaban J connectivity index is 1.40. The van der Waals surface area contributed by atoms with E-state index in [-0.39, 0.29) is 23.7 Å². The molecule has 1 saturated heterocycles. The Bertz CT molecular complexity index is 732. The zero-order valence-corrected chi connectivity index (χ0v) is 17.6. The molecule has 6 nitrogen and oxygen atoms in total. The number of rotatable bonds is 5. The molecule has 158 valence electrons.